The lowest BCUT2D eigenvalue weighted by molar-refractivity contribution is -0.269. The number of aliphatic carboxylic acids is 1. The van der Waals surface area contributed by atoms with E-state index in [1.54, 1.807) is 5.57 Å². The van der Waals surface area contributed by atoms with Crippen molar-refractivity contribution in [2.45, 2.75) is 131 Å². The summed E-state index contributed by atoms with van der Waals surface area (Å²) in [6, 6.07) is 0. The molecule has 2 aliphatic heterocycles. The molecule has 4 aliphatic carbocycles. The van der Waals surface area contributed by atoms with E-state index in [1.165, 1.54) is 12.0 Å². The second-order valence-electron chi connectivity index (χ2n) is 15.9. The Labute approximate surface area is 245 Å². The van der Waals surface area contributed by atoms with Crippen LogP contribution in [0.1, 0.15) is 113 Å². The number of carboxylic acids is 1. The van der Waals surface area contributed by atoms with Crippen molar-refractivity contribution in [3.05, 3.63) is 11.1 Å². The highest BCUT2D eigenvalue weighted by atomic mass is 16.7. The molecule has 2 saturated carbocycles. The first-order valence-electron chi connectivity index (χ1n) is 16.1. The number of carbonyl (C=O) groups excluding carboxylic acids is 2. The molecule has 0 aromatic heterocycles. The van der Waals surface area contributed by atoms with Crippen molar-refractivity contribution in [2.75, 3.05) is 0 Å². The quantitative estimate of drug-likeness (QED) is 0.229. The fourth-order valence-corrected chi connectivity index (χ4v) is 11.5. The normalized spacial score (nSPS) is 50.0. The maximum Gasteiger partial charge on any atom is 0.317 e. The molecule has 6 aliphatic rings. The van der Waals surface area contributed by atoms with Crippen LogP contribution in [0.5, 0.6) is 0 Å². The van der Waals surface area contributed by atoms with Crippen LogP contribution in [0, 0.1) is 51.2 Å². The number of esters is 2. The van der Waals surface area contributed by atoms with Crippen LogP contribution in [0.3, 0.4) is 0 Å². The summed E-state index contributed by atoms with van der Waals surface area (Å²) in [7, 11) is 0. The third-order valence-corrected chi connectivity index (χ3v) is 14.1. The lowest BCUT2D eigenvalue weighted by Gasteiger charge is -2.63. The van der Waals surface area contributed by atoms with Crippen LogP contribution in [0.25, 0.3) is 0 Å². The van der Waals surface area contributed by atoms with Crippen LogP contribution in [-0.4, -0.2) is 41.0 Å². The number of hydrogen-bond acceptors (Lipinski definition) is 6. The van der Waals surface area contributed by atoms with E-state index in [4.69, 9.17) is 19.3 Å². The summed E-state index contributed by atoms with van der Waals surface area (Å²) in [6.07, 6.45) is 6.74. The average Bonchev–Trinajstić information content (AvgIpc) is 3.23. The summed E-state index contributed by atoms with van der Waals surface area (Å²) in [5.74, 6) is -1.75. The van der Waals surface area contributed by atoms with Crippen LogP contribution in [0.15, 0.2) is 11.1 Å². The largest absolute Gasteiger partial charge is 0.481 e. The first-order chi connectivity index (χ1) is 19.0. The molecule has 1 spiro atoms. The van der Waals surface area contributed by atoms with Gasteiger partial charge in [-0.2, -0.15) is 0 Å². The number of fused-ring (bicyclic) bond motifs is 3. The molecule has 1 N–H and O–H groups in total. The van der Waals surface area contributed by atoms with Crippen LogP contribution in [0.2, 0.25) is 0 Å². The maximum absolute atomic E-state index is 12.9. The lowest BCUT2D eigenvalue weighted by Crippen LogP contribution is -2.59. The van der Waals surface area contributed by atoms with E-state index >= 15 is 0 Å². The van der Waals surface area contributed by atoms with Gasteiger partial charge in [0.05, 0.1) is 12.0 Å². The minimum absolute atomic E-state index is 0.00561. The number of rotatable bonds is 3. The smallest absolute Gasteiger partial charge is 0.317 e. The van der Waals surface area contributed by atoms with E-state index in [0.29, 0.717) is 17.8 Å². The molecule has 0 aromatic rings. The monoisotopic (exact) mass is 570 g/mol. The third kappa shape index (κ3) is 3.75. The fourth-order valence-electron chi connectivity index (χ4n) is 11.5. The van der Waals surface area contributed by atoms with E-state index < -0.39 is 24.1 Å². The Bertz CT molecular complexity index is 1200. The Morgan fingerprint density at radius 1 is 1.00 bits per heavy atom. The molecule has 11 unspecified atom stereocenters. The van der Waals surface area contributed by atoms with Gasteiger partial charge in [-0.05, 0) is 73.5 Å². The fraction of sp³-hybridized carbons (Fsp3) is 0.853. The molecule has 6 rings (SSSR count). The highest BCUT2D eigenvalue weighted by Crippen LogP contribution is 2.74. The molecule has 0 bridgehead atoms. The summed E-state index contributed by atoms with van der Waals surface area (Å²) in [6.45, 7) is 18.3. The molecule has 0 amide bonds. The van der Waals surface area contributed by atoms with Gasteiger partial charge in [-0.3, -0.25) is 14.4 Å². The van der Waals surface area contributed by atoms with Crippen LogP contribution in [0.4, 0.5) is 0 Å². The van der Waals surface area contributed by atoms with Gasteiger partial charge in [-0.1, -0.05) is 66.5 Å². The minimum atomic E-state index is -1.15. The molecule has 7 heteroatoms. The highest BCUT2D eigenvalue weighted by Gasteiger charge is 2.70. The van der Waals surface area contributed by atoms with Gasteiger partial charge < -0.3 is 19.3 Å². The first kappa shape index (κ1) is 29.2. The Hall–Kier alpha value is -1.89. The van der Waals surface area contributed by atoms with Crippen LogP contribution >= 0.6 is 0 Å². The van der Waals surface area contributed by atoms with Crippen molar-refractivity contribution in [2.24, 2.45) is 51.2 Å². The Morgan fingerprint density at radius 3 is 2.34 bits per heavy atom. The number of allylic oxidation sites excluding steroid dienone is 1. The second kappa shape index (κ2) is 9.06. The SMILES string of the molecule is CC1CC2(OC(=O)C(C)C2C)OC2CC3=C(CCC4C3(C)CCC(OC(=O)CC(=O)O)C4(C)C)C3(C)CCC1C23C. The van der Waals surface area contributed by atoms with E-state index in [2.05, 4.69) is 48.5 Å². The Kier molecular flexibility index (Phi) is 6.45. The molecule has 228 valence electrons. The zero-order valence-electron chi connectivity index (χ0n) is 26.3. The summed E-state index contributed by atoms with van der Waals surface area (Å²) in [5.41, 5.74) is 2.83. The van der Waals surface area contributed by atoms with Crippen LogP contribution in [-0.2, 0) is 28.6 Å². The van der Waals surface area contributed by atoms with E-state index in [0.717, 1.165) is 44.9 Å². The number of carboxylic acid groups (broad SMARTS) is 1. The molecular weight excluding hydrogens is 520 g/mol. The van der Waals surface area contributed by atoms with Gasteiger partial charge in [-0.25, -0.2) is 0 Å². The molecule has 41 heavy (non-hydrogen) atoms. The zero-order chi connectivity index (χ0) is 29.9. The van der Waals surface area contributed by atoms with E-state index in [9.17, 15) is 14.4 Å². The van der Waals surface area contributed by atoms with Crippen molar-refractivity contribution in [1.29, 1.82) is 0 Å². The highest BCUT2D eigenvalue weighted by molar-refractivity contribution is 5.90. The van der Waals surface area contributed by atoms with Gasteiger partial charge in [-0.15, -0.1) is 0 Å². The van der Waals surface area contributed by atoms with Crippen molar-refractivity contribution >= 4 is 17.9 Å². The molecule has 4 fully saturated rings. The van der Waals surface area contributed by atoms with E-state index in [-0.39, 0.29) is 51.7 Å². The standard InChI is InChI=1S/C34H50O7/c1-18-17-34(20(3)19(2)29(38)41-34)40-26-15-23-22(32(7)14-11-21(18)33(26,32)8)9-10-24-30(4,5)25(12-13-31(23,24)6)39-28(37)16-27(35)36/h18-21,24-26H,9-17H2,1-8H3,(H,35,36). The molecule has 0 radical (unpaired) electrons. The van der Waals surface area contributed by atoms with Gasteiger partial charge in [0.2, 0.25) is 5.79 Å². The summed E-state index contributed by atoms with van der Waals surface area (Å²) in [4.78, 5) is 36.4. The van der Waals surface area contributed by atoms with Gasteiger partial charge in [0.15, 0.2) is 0 Å². The molecule has 2 heterocycles. The zero-order valence-corrected chi connectivity index (χ0v) is 26.3. The Morgan fingerprint density at radius 2 is 1.71 bits per heavy atom. The summed E-state index contributed by atoms with van der Waals surface area (Å²) in [5, 5.41) is 9.10. The maximum atomic E-state index is 12.9. The number of carbonyl (C=O) groups is 3. The predicted molar refractivity (Wildman–Crippen MR) is 152 cm³/mol. The molecule has 2 saturated heterocycles. The minimum Gasteiger partial charge on any atom is -0.481 e. The molecule has 7 nitrogen and oxygen atoms in total. The van der Waals surface area contributed by atoms with Gasteiger partial charge in [0, 0.05) is 23.2 Å². The number of hydrogen-bond donors (Lipinski definition) is 1. The summed E-state index contributed by atoms with van der Waals surface area (Å²) >= 11 is 0. The topological polar surface area (TPSA) is 99.1 Å². The third-order valence-electron chi connectivity index (χ3n) is 14.1. The number of ether oxygens (including phenoxy) is 3. The van der Waals surface area contributed by atoms with Crippen molar-refractivity contribution in [3.63, 3.8) is 0 Å². The summed E-state index contributed by atoms with van der Waals surface area (Å²) < 4.78 is 19.3. The van der Waals surface area contributed by atoms with E-state index in [1.807, 2.05) is 6.92 Å². The molecule has 0 aromatic carbocycles. The molecule has 11 atom stereocenters. The van der Waals surface area contributed by atoms with Crippen LogP contribution < -0.4 is 0 Å². The average molecular weight is 571 g/mol. The van der Waals surface area contributed by atoms with Crippen molar-refractivity contribution < 1.29 is 33.7 Å². The van der Waals surface area contributed by atoms with Gasteiger partial charge >= 0.3 is 17.9 Å². The Balaban J connectivity index is 1.39. The predicted octanol–water partition coefficient (Wildman–Crippen LogP) is 6.68. The van der Waals surface area contributed by atoms with Gasteiger partial charge in [0.1, 0.15) is 12.5 Å². The van der Waals surface area contributed by atoms with Crippen molar-refractivity contribution in [1.82, 2.24) is 0 Å². The lowest BCUT2D eigenvalue weighted by atomic mass is 9.42. The molecular formula is C34H50O7. The first-order valence-corrected chi connectivity index (χ1v) is 16.1. The second-order valence-corrected chi connectivity index (χ2v) is 15.9. The van der Waals surface area contributed by atoms with Gasteiger partial charge in [0.25, 0.3) is 0 Å². The van der Waals surface area contributed by atoms with Crippen molar-refractivity contribution in [3.8, 4) is 0 Å².